The summed E-state index contributed by atoms with van der Waals surface area (Å²) in [7, 11) is 4.03. The Morgan fingerprint density at radius 1 is 1.24 bits per heavy atom. The van der Waals surface area contributed by atoms with Crippen molar-refractivity contribution in [2.75, 3.05) is 21.3 Å². The van der Waals surface area contributed by atoms with Crippen molar-refractivity contribution in [3.63, 3.8) is 0 Å². The average molecular weight is 241 g/mol. The Balaban J connectivity index is 3.38. The molecular formula is C11H12FNO4. The van der Waals surface area contributed by atoms with Crippen molar-refractivity contribution in [1.29, 1.82) is 0 Å². The molecule has 6 heteroatoms. The molecule has 0 N–H and O–H groups in total. The number of carbonyl (C=O) groups excluding carboxylic acids is 1. The Bertz CT molecular complexity index is 455. The Morgan fingerprint density at radius 3 is 2.35 bits per heavy atom. The average Bonchev–Trinajstić information content (AvgIpc) is 2.35. The van der Waals surface area contributed by atoms with Gasteiger partial charge in [0.05, 0.1) is 27.9 Å². The Kier molecular flexibility index (Phi) is 4.48. The van der Waals surface area contributed by atoms with E-state index in [-0.39, 0.29) is 23.8 Å². The number of hydrogen-bond donors (Lipinski definition) is 0. The lowest BCUT2D eigenvalue weighted by atomic mass is 10.1. The molecule has 0 amide bonds. The third kappa shape index (κ3) is 2.54. The van der Waals surface area contributed by atoms with Crippen LogP contribution in [0.1, 0.15) is 5.56 Å². The van der Waals surface area contributed by atoms with E-state index < -0.39 is 5.82 Å². The first-order chi connectivity index (χ1) is 8.19. The third-order valence-corrected chi connectivity index (χ3v) is 2.16. The van der Waals surface area contributed by atoms with Crippen LogP contribution in [0.4, 0.5) is 4.39 Å². The molecule has 0 saturated carbocycles. The van der Waals surface area contributed by atoms with Crippen molar-refractivity contribution < 1.29 is 23.4 Å². The monoisotopic (exact) mass is 241 g/mol. The van der Waals surface area contributed by atoms with Gasteiger partial charge in [0.1, 0.15) is 0 Å². The van der Waals surface area contributed by atoms with Gasteiger partial charge in [-0.05, 0) is 6.07 Å². The molecule has 0 aliphatic heterocycles. The van der Waals surface area contributed by atoms with Crippen LogP contribution in [0.2, 0.25) is 0 Å². The topological polar surface area (TPSA) is 57.1 Å². The summed E-state index contributed by atoms with van der Waals surface area (Å²) in [5, 5.41) is 0. The van der Waals surface area contributed by atoms with Gasteiger partial charge < -0.3 is 14.2 Å². The van der Waals surface area contributed by atoms with Gasteiger partial charge >= 0.3 is 0 Å². The number of hydrogen-bond acceptors (Lipinski definition) is 5. The highest BCUT2D eigenvalue weighted by molar-refractivity contribution is 5.52. The van der Waals surface area contributed by atoms with Crippen molar-refractivity contribution in [3.05, 3.63) is 17.4 Å². The maximum absolute atomic E-state index is 13.9. The van der Waals surface area contributed by atoms with Gasteiger partial charge in [0, 0.05) is 5.56 Å². The Labute approximate surface area is 97.8 Å². The lowest BCUT2D eigenvalue weighted by Gasteiger charge is -2.14. The van der Waals surface area contributed by atoms with Gasteiger partial charge in [0.2, 0.25) is 17.6 Å². The van der Waals surface area contributed by atoms with Crippen LogP contribution in [-0.2, 0) is 11.3 Å². The fourth-order valence-electron chi connectivity index (χ4n) is 1.44. The molecule has 0 spiro atoms. The number of benzene rings is 1. The highest BCUT2D eigenvalue weighted by atomic mass is 19.1. The SMILES string of the molecule is COc1cc(CN=C=O)c(OC)c(F)c1OC. The summed E-state index contributed by atoms with van der Waals surface area (Å²) in [4.78, 5) is 13.4. The molecule has 0 aliphatic carbocycles. The molecule has 1 rings (SSSR count). The van der Waals surface area contributed by atoms with E-state index in [1.165, 1.54) is 33.5 Å². The number of halogens is 1. The van der Waals surface area contributed by atoms with E-state index in [2.05, 4.69) is 4.99 Å². The summed E-state index contributed by atoms with van der Waals surface area (Å²) in [5.74, 6) is -0.558. The van der Waals surface area contributed by atoms with Crippen molar-refractivity contribution in [3.8, 4) is 17.2 Å². The fourth-order valence-corrected chi connectivity index (χ4v) is 1.44. The molecule has 17 heavy (non-hydrogen) atoms. The highest BCUT2D eigenvalue weighted by Crippen LogP contribution is 2.38. The van der Waals surface area contributed by atoms with Crippen LogP contribution in [0.25, 0.3) is 0 Å². The van der Waals surface area contributed by atoms with E-state index in [9.17, 15) is 9.18 Å². The lowest BCUT2D eigenvalue weighted by molar-refractivity contribution is 0.318. The van der Waals surface area contributed by atoms with Crippen molar-refractivity contribution in [2.24, 2.45) is 4.99 Å². The fraction of sp³-hybridized carbons (Fsp3) is 0.364. The largest absolute Gasteiger partial charge is 0.493 e. The van der Waals surface area contributed by atoms with E-state index in [1.54, 1.807) is 0 Å². The maximum atomic E-state index is 13.9. The smallest absolute Gasteiger partial charge is 0.235 e. The molecule has 92 valence electrons. The minimum Gasteiger partial charge on any atom is -0.493 e. The third-order valence-electron chi connectivity index (χ3n) is 2.16. The zero-order valence-corrected chi connectivity index (χ0v) is 9.74. The molecule has 0 aliphatic rings. The second kappa shape index (κ2) is 5.86. The maximum Gasteiger partial charge on any atom is 0.235 e. The van der Waals surface area contributed by atoms with E-state index in [4.69, 9.17) is 14.2 Å². The predicted molar refractivity (Wildman–Crippen MR) is 57.9 cm³/mol. The predicted octanol–water partition coefficient (Wildman–Crippen LogP) is 1.69. The minimum absolute atomic E-state index is 0.0262. The molecule has 0 aromatic heterocycles. The molecule has 0 atom stereocenters. The second-order valence-corrected chi connectivity index (χ2v) is 3.03. The van der Waals surface area contributed by atoms with Gasteiger partial charge in [-0.1, -0.05) is 0 Å². The van der Waals surface area contributed by atoms with Crippen molar-refractivity contribution in [1.82, 2.24) is 0 Å². The standard InChI is InChI=1S/C11H12FNO4/c1-15-8-4-7(5-13-6-14)10(16-2)9(12)11(8)17-3/h4H,5H2,1-3H3. The van der Waals surface area contributed by atoms with Gasteiger partial charge in [-0.25, -0.2) is 9.79 Å². The van der Waals surface area contributed by atoms with Crippen LogP contribution in [0, 0.1) is 5.82 Å². The molecule has 0 heterocycles. The first-order valence-electron chi connectivity index (χ1n) is 4.70. The lowest BCUT2D eigenvalue weighted by Crippen LogP contribution is -2.01. The molecule has 0 bridgehead atoms. The van der Waals surface area contributed by atoms with Crippen LogP contribution < -0.4 is 14.2 Å². The Hall–Kier alpha value is -2.07. The van der Waals surface area contributed by atoms with Gasteiger partial charge in [-0.2, -0.15) is 4.39 Å². The van der Waals surface area contributed by atoms with Gasteiger partial charge in [-0.3, -0.25) is 0 Å². The Morgan fingerprint density at radius 2 is 1.88 bits per heavy atom. The summed E-state index contributed by atoms with van der Waals surface area (Å²) < 4.78 is 28.7. The molecule has 0 unspecified atom stereocenters. The molecular weight excluding hydrogens is 229 g/mol. The number of ether oxygens (including phenoxy) is 3. The quantitative estimate of drug-likeness (QED) is 0.581. The molecule has 0 radical (unpaired) electrons. The number of aliphatic imine (C=N–C) groups is 1. The summed E-state index contributed by atoms with van der Waals surface area (Å²) in [6.07, 6.45) is 1.38. The highest BCUT2D eigenvalue weighted by Gasteiger charge is 2.20. The summed E-state index contributed by atoms with van der Waals surface area (Å²) >= 11 is 0. The first-order valence-corrected chi connectivity index (χ1v) is 4.70. The molecule has 0 fully saturated rings. The van der Waals surface area contributed by atoms with E-state index in [1.807, 2.05) is 0 Å². The minimum atomic E-state index is -0.689. The molecule has 1 aromatic carbocycles. The van der Waals surface area contributed by atoms with Gasteiger partial charge in [0.15, 0.2) is 11.5 Å². The van der Waals surface area contributed by atoms with E-state index >= 15 is 0 Å². The summed E-state index contributed by atoms with van der Waals surface area (Å²) in [5.41, 5.74) is 0.381. The van der Waals surface area contributed by atoms with Gasteiger partial charge in [0.25, 0.3) is 0 Å². The van der Waals surface area contributed by atoms with E-state index in [0.29, 0.717) is 5.56 Å². The number of rotatable bonds is 5. The summed E-state index contributed by atoms with van der Waals surface area (Å²) in [6, 6.07) is 1.50. The normalized spacial score (nSPS) is 9.41. The van der Waals surface area contributed by atoms with Crippen LogP contribution in [0.15, 0.2) is 11.1 Å². The van der Waals surface area contributed by atoms with Crippen molar-refractivity contribution >= 4 is 6.08 Å². The molecule has 1 aromatic rings. The van der Waals surface area contributed by atoms with E-state index in [0.717, 1.165) is 0 Å². The number of isocyanates is 1. The van der Waals surface area contributed by atoms with Crippen LogP contribution in [0.3, 0.4) is 0 Å². The van der Waals surface area contributed by atoms with Crippen LogP contribution >= 0.6 is 0 Å². The number of nitrogens with zero attached hydrogens (tertiary/aromatic N) is 1. The van der Waals surface area contributed by atoms with Gasteiger partial charge in [-0.15, -0.1) is 0 Å². The zero-order chi connectivity index (χ0) is 12.8. The second-order valence-electron chi connectivity index (χ2n) is 3.03. The van der Waals surface area contributed by atoms with Crippen LogP contribution in [0.5, 0.6) is 17.2 Å². The zero-order valence-electron chi connectivity index (χ0n) is 9.74. The molecule has 0 saturated heterocycles. The van der Waals surface area contributed by atoms with Crippen LogP contribution in [-0.4, -0.2) is 27.4 Å². The first kappa shape index (κ1) is 13.0. The molecule has 5 nitrogen and oxygen atoms in total. The summed E-state index contributed by atoms with van der Waals surface area (Å²) in [6.45, 7) is -0.0378. The number of methoxy groups -OCH3 is 3. The van der Waals surface area contributed by atoms with Crippen molar-refractivity contribution in [2.45, 2.75) is 6.54 Å².